The fraction of sp³-hybridized carbons (Fsp3) is 0.125. The summed E-state index contributed by atoms with van der Waals surface area (Å²) in [7, 11) is 0. The van der Waals surface area contributed by atoms with Crippen LogP contribution in [0.3, 0.4) is 0 Å². The van der Waals surface area contributed by atoms with Crippen LogP contribution in [0.1, 0.15) is 15.9 Å². The Morgan fingerprint density at radius 2 is 2.15 bits per heavy atom. The highest BCUT2D eigenvalue weighted by Gasteiger charge is 2.14. The Bertz CT molecular complexity index is 376. The van der Waals surface area contributed by atoms with Crippen molar-refractivity contribution in [2.24, 2.45) is 0 Å². The summed E-state index contributed by atoms with van der Waals surface area (Å²) in [6, 6.07) is 2.74. The van der Waals surface area contributed by atoms with Crippen LogP contribution in [0.5, 0.6) is 0 Å². The van der Waals surface area contributed by atoms with Gasteiger partial charge in [0.25, 0.3) is 5.69 Å². The van der Waals surface area contributed by atoms with Crippen LogP contribution in [-0.2, 0) is 0 Å². The van der Waals surface area contributed by atoms with Gasteiger partial charge in [0.05, 0.1) is 4.92 Å². The topological polar surface area (TPSA) is 60.2 Å². The number of nitro benzene ring substituents is 1. The van der Waals surface area contributed by atoms with Gasteiger partial charge in [-0.3, -0.25) is 14.9 Å². The number of carbonyl (C=O) groups excluding carboxylic acids is 1. The molecule has 13 heavy (non-hydrogen) atoms. The summed E-state index contributed by atoms with van der Waals surface area (Å²) in [6.07, 6.45) is 0.654. The van der Waals surface area contributed by atoms with Crippen molar-refractivity contribution < 1.29 is 9.72 Å². The van der Waals surface area contributed by atoms with E-state index in [4.69, 9.17) is 0 Å². The van der Waals surface area contributed by atoms with Crippen LogP contribution in [0.2, 0.25) is 0 Å². The third kappa shape index (κ3) is 1.75. The minimum absolute atomic E-state index is 0.0116. The molecule has 68 valence electrons. The summed E-state index contributed by atoms with van der Waals surface area (Å²) in [5.74, 6) is 0. The molecule has 0 spiro atoms. The molecule has 0 N–H and O–H groups in total. The number of rotatable bonds is 2. The monoisotopic (exact) mass is 243 g/mol. The molecule has 5 heteroatoms. The van der Waals surface area contributed by atoms with Crippen LogP contribution >= 0.6 is 15.9 Å². The van der Waals surface area contributed by atoms with E-state index >= 15 is 0 Å². The Labute approximate surface area is 82.8 Å². The second-order valence-electron chi connectivity index (χ2n) is 2.49. The molecule has 0 saturated heterocycles. The lowest BCUT2D eigenvalue weighted by Crippen LogP contribution is -1.94. The molecular formula is C8H6BrNO3. The molecular weight excluding hydrogens is 238 g/mol. The number of aldehydes is 1. The Hall–Kier alpha value is -1.23. The third-order valence-electron chi connectivity index (χ3n) is 1.71. The van der Waals surface area contributed by atoms with E-state index in [1.165, 1.54) is 12.1 Å². The van der Waals surface area contributed by atoms with Crippen molar-refractivity contribution in [3.8, 4) is 0 Å². The summed E-state index contributed by atoms with van der Waals surface area (Å²) >= 11 is 3.12. The summed E-state index contributed by atoms with van der Waals surface area (Å²) < 4.78 is 0.483. The summed E-state index contributed by atoms with van der Waals surface area (Å²) in [6.45, 7) is 1.59. The molecule has 0 aliphatic carbocycles. The lowest BCUT2D eigenvalue weighted by molar-refractivity contribution is -0.385. The van der Waals surface area contributed by atoms with Crippen molar-refractivity contribution in [2.45, 2.75) is 6.92 Å². The Balaban J connectivity index is 3.39. The van der Waals surface area contributed by atoms with Crippen LogP contribution in [0.15, 0.2) is 16.6 Å². The van der Waals surface area contributed by atoms with Crippen molar-refractivity contribution in [2.75, 3.05) is 0 Å². The first kappa shape index (κ1) is 9.85. The number of nitro groups is 1. The summed E-state index contributed by atoms with van der Waals surface area (Å²) in [5.41, 5.74) is 0.898. The maximum atomic E-state index is 10.5. The number of hydrogen-bond acceptors (Lipinski definition) is 3. The zero-order valence-electron chi connectivity index (χ0n) is 6.78. The smallest absolute Gasteiger partial charge is 0.273 e. The molecule has 0 fully saturated rings. The van der Waals surface area contributed by atoms with Crippen LogP contribution in [0.25, 0.3) is 0 Å². The average Bonchev–Trinajstić information content (AvgIpc) is 2.09. The molecule has 0 radical (unpaired) electrons. The minimum atomic E-state index is -0.478. The van der Waals surface area contributed by atoms with Crippen LogP contribution in [-0.4, -0.2) is 11.2 Å². The largest absolute Gasteiger partial charge is 0.298 e. The highest BCUT2D eigenvalue weighted by molar-refractivity contribution is 9.10. The summed E-state index contributed by atoms with van der Waals surface area (Å²) in [4.78, 5) is 20.5. The van der Waals surface area contributed by atoms with Crippen molar-refractivity contribution >= 4 is 27.9 Å². The van der Waals surface area contributed by atoms with E-state index in [0.29, 0.717) is 21.9 Å². The molecule has 0 aliphatic heterocycles. The predicted molar refractivity (Wildman–Crippen MR) is 50.9 cm³/mol. The minimum Gasteiger partial charge on any atom is -0.298 e. The van der Waals surface area contributed by atoms with E-state index in [1.807, 2.05) is 0 Å². The van der Waals surface area contributed by atoms with E-state index in [2.05, 4.69) is 15.9 Å². The second kappa shape index (κ2) is 3.66. The molecule has 0 amide bonds. The first-order valence-electron chi connectivity index (χ1n) is 3.46. The van der Waals surface area contributed by atoms with Crippen LogP contribution in [0.4, 0.5) is 5.69 Å². The van der Waals surface area contributed by atoms with Gasteiger partial charge in [-0.05, 0) is 28.9 Å². The van der Waals surface area contributed by atoms with Gasteiger partial charge in [-0.1, -0.05) is 0 Å². The van der Waals surface area contributed by atoms with Gasteiger partial charge in [0.15, 0.2) is 6.29 Å². The van der Waals surface area contributed by atoms with Gasteiger partial charge in [-0.15, -0.1) is 0 Å². The highest BCUT2D eigenvalue weighted by Crippen LogP contribution is 2.28. The normalized spacial score (nSPS) is 9.69. The molecule has 0 saturated carbocycles. The molecule has 1 rings (SSSR count). The Morgan fingerprint density at radius 1 is 1.54 bits per heavy atom. The first-order chi connectivity index (χ1) is 6.07. The van der Waals surface area contributed by atoms with Gasteiger partial charge >= 0.3 is 0 Å². The maximum Gasteiger partial charge on any atom is 0.273 e. The maximum absolute atomic E-state index is 10.5. The number of nitrogens with zero attached hydrogens (tertiary/aromatic N) is 1. The summed E-state index contributed by atoms with van der Waals surface area (Å²) in [5, 5.41) is 10.5. The molecule has 0 unspecified atom stereocenters. The van der Waals surface area contributed by atoms with Crippen LogP contribution in [0, 0.1) is 17.0 Å². The molecule has 4 nitrogen and oxygen atoms in total. The number of halogens is 1. The van der Waals surface area contributed by atoms with E-state index in [-0.39, 0.29) is 5.69 Å². The van der Waals surface area contributed by atoms with Crippen molar-refractivity contribution in [3.05, 3.63) is 37.8 Å². The number of hydrogen-bond donors (Lipinski definition) is 0. The van der Waals surface area contributed by atoms with E-state index < -0.39 is 4.92 Å². The van der Waals surface area contributed by atoms with Gasteiger partial charge in [-0.2, -0.15) is 0 Å². The second-order valence-corrected chi connectivity index (χ2v) is 3.28. The SMILES string of the molecule is Cc1c([N+](=O)[O-])ccc(C=O)c1Br. The van der Waals surface area contributed by atoms with Crippen molar-refractivity contribution in [1.29, 1.82) is 0 Å². The first-order valence-corrected chi connectivity index (χ1v) is 4.26. The molecule has 0 aromatic heterocycles. The fourth-order valence-electron chi connectivity index (χ4n) is 0.985. The zero-order valence-corrected chi connectivity index (χ0v) is 8.37. The van der Waals surface area contributed by atoms with Gasteiger partial charge in [-0.25, -0.2) is 0 Å². The Morgan fingerprint density at radius 3 is 2.62 bits per heavy atom. The molecule has 0 atom stereocenters. The number of benzene rings is 1. The molecule has 1 aromatic rings. The predicted octanol–water partition coefficient (Wildman–Crippen LogP) is 2.48. The fourth-order valence-corrected chi connectivity index (χ4v) is 1.41. The van der Waals surface area contributed by atoms with E-state index in [1.54, 1.807) is 6.92 Å². The van der Waals surface area contributed by atoms with Crippen molar-refractivity contribution in [3.63, 3.8) is 0 Å². The van der Waals surface area contributed by atoms with Gasteiger partial charge in [0.1, 0.15) is 0 Å². The van der Waals surface area contributed by atoms with Gasteiger partial charge in [0.2, 0.25) is 0 Å². The molecule has 0 aliphatic rings. The molecule has 1 aromatic carbocycles. The Kier molecular flexibility index (Phi) is 2.77. The number of carbonyl (C=O) groups is 1. The van der Waals surface area contributed by atoms with Gasteiger partial charge < -0.3 is 0 Å². The van der Waals surface area contributed by atoms with E-state index in [9.17, 15) is 14.9 Å². The molecule has 0 heterocycles. The van der Waals surface area contributed by atoms with Crippen LogP contribution < -0.4 is 0 Å². The lowest BCUT2D eigenvalue weighted by Gasteiger charge is -2.01. The zero-order chi connectivity index (χ0) is 10.0. The standard InChI is InChI=1S/C8H6BrNO3/c1-5-7(10(12)13)3-2-6(4-11)8(5)9/h2-4H,1H3. The highest BCUT2D eigenvalue weighted by atomic mass is 79.9. The van der Waals surface area contributed by atoms with Gasteiger partial charge in [0, 0.05) is 21.7 Å². The average molecular weight is 244 g/mol. The molecule has 0 bridgehead atoms. The quantitative estimate of drug-likeness (QED) is 0.456. The van der Waals surface area contributed by atoms with Crippen molar-refractivity contribution in [1.82, 2.24) is 0 Å². The van der Waals surface area contributed by atoms with E-state index in [0.717, 1.165) is 0 Å². The lowest BCUT2D eigenvalue weighted by atomic mass is 10.1. The third-order valence-corrected chi connectivity index (χ3v) is 2.76.